The maximum atomic E-state index is 12.3. The van der Waals surface area contributed by atoms with Crippen LogP contribution < -0.4 is 5.32 Å². The fraction of sp³-hybridized carbons (Fsp3) is 0.235. The van der Waals surface area contributed by atoms with Gasteiger partial charge in [0.05, 0.1) is 16.2 Å². The summed E-state index contributed by atoms with van der Waals surface area (Å²) < 4.78 is 31.7. The lowest BCUT2D eigenvalue weighted by Gasteiger charge is -2.27. The third-order valence-corrected chi connectivity index (χ3v) is 5.23. The van der Waals surface area contributed by atoms with E-state index < -0.39 is 32.9 Å². The quantitative estimate of drug-likeness (QED) is 0.421. The number of ether oxygens (including phenoxy) is 1. The first kappa shape index (κ1) is 20.2. The second-order valence-electron chi connectivity index (χ2n) is 6.16. The first-order valence-electron chi connectivity index (χ1n) is 8.41. The number of nitrogens with zero attached hydrogens (tertiary/aromatic N) is 3. The number of benzene rings is 1. The van der Waals surface area contributed by atoms with Crippen LogP contribution in [0.25, 0.3) is 0 Å². The molecule has 0 aliphatic carbocycles. The summed E-state index contributed by atoms with van der Waals surface area (Å²) in [5.41, 5.74) is -0.199. The van der Waals surface area contributed by atoms with Crippen molar-refractivity contribution in [3.05, 3.63) is 58.3 Å². The monoisotopic (exact) mass is 420 g/mol. The van der Waals surface area contributed by atoms with Gasteiger partial charge in [0.15, 0.2) is 6.10 Å². The molecule has 2 aliphatic rings. The summed E-state index contributed by atoms with van der Waals surface area (Å²) in [6.07, 6.45) is 2.87. The molecular weight excluding hydrogens is 404 g/mol. The van der Waals surface area contributed by atoms with Gasteiger partial charge < -0.3 is 15.0 Å². The zero-order valence-corrected chi connectivity index (χ0v) is 16.0. The molecule has 0 radical (unpaired) electrons. The number of hydrogen-bond donors (Lipinski definition) is 1. The zero-order chi connectivity index (χ0) is 21.2. The summed E-state index contributed by atoms with van der Waals surface area (Å²) in [4.78, 5) is 36.5. The summed E-state index contributed by atoms with van der Waals surface area (Å²) in [5.74, 6) is -1.54. The minimum atomic E-state index is -3.51. The van der Waals surface area contributed by atoms with Gasteiger partial charge in [-0.15, -0.1) is 4.40 Å². The van der Waals surface area contributed by atoms with Crippen molar-refractivity contribution in [2.24, 2.45) is 4.40 Å². The van der Waals surface area contributed by atoms with Gasteiger partial charge in [0.2, 0.25) is 0 Å². The lowest BCUT2D eigenvalue weighted by atomic mass is 10.2. The number of carbonyl (C=O) groups is 2. The van der Waals surface area contributed by atoms with Crippen molar-refractivity contribution < 1.29 is 27.7 Å². The lowest BCUT2D eigenvalue weighted by Crippen LogP contribution is -2.37. The number of nitro benzene ring substituents is 1. The van der Waals surface area contributed by atoms with Crippen LogP contribution in [0, 0.1) is 10.1 Å². The van der Waals surface area contributed by atoms with E-state index >= 15 is 0 Å². The fourth-order valence-corrected chi connectivity index (χ4v) is 3.55. The van der Waals surface area contributed by atoms with E-state index in [1.165, 1.54) is 54.4 Å². The average Bonchev–Trinajstić information content (AvgIpc) is 2.67. The number of amides is 1. The van der Waals surface area contributed by atoms with Crippen LogP contribution in [-0.4, -0.2) is 54.4 Å². The number of hydrogen-bond acceptors (Lipinski definition) is 8. The van der Waals surface area contributed by atoms with Gasteiger partial charge in [0.25, 0.3) is 21.6 Å². The van der Waals surface area contributed by atoms with E-state index in [-0.39, 0.29) is 35.1 Å². The van der Waals surface area contributed by atoms with Crippen LogP contribution in [0.15, 0.2) is 52.6 Å². The van der Waals surface area contributed by atoms with E-state index in [0.29, 0.717) is 0 Å². The van der Waals surface area contributed by atoms with Crippen molar-refractivity contribution in [3.8, 4) is 0 Å². The Balaban J connectivity index is 1.66. The molecule has 1 aromatic carbocycles. The van der Waals surface area contributed by atoms with Crippen LogP contribution in [0.3, 0.4) is 0 Å². The van der Waals surface area contributed by atoms with Gasteiger partial charge in [0.1, 0.15) is 11.5 Å². The first-order valence-corrected chi connectivity index (χ1v) is 10.0. The van der Waals surface area contributed by atoms with Gasteiger partial charge in [-0.2, -0.15) is 0 Å². The highest BCUT2D eigenvalue weighted by molar-refractivity contribution is 7.90. The van der Waals surface area contributed by atoms with Gasteiger partial charge in [-0.05, 0) is 25.1 Å². The number of anilines is 1. The molecule has 0 aromatic heterocycles. The summed E-state index contributed by atoms with van der Waals surface area (Å²) in [6, 6.07) is 5.58. The maximum Gasteiger partial charge on any atom is 0.340 e. The lowest BCUT2D eigenvalue weighted by molar-refractivity contribution is -0.383. The highest BCUT2D eigenvalue weighted by Crippen LogP contribution is 2.23. The third kappa shape index (κ3) is 4.66. The highest BCUT2D eigenvalue weighted by atomic mass is 32.2. The van der Waals surface area contributed by atoms with Crippen LogP contribution in [-0.2, 0) is 24.3 Å². The largest absolute Gasteiger partial charge is 0.449 e. The minimum absolute atomic E-state index is 0.0162. The highest BCUT2D eigenvalue weighted by Gasteiger charge is 2.27. The molecule has 0 saturated heterocycles. The smallest absolute Gasteiger partial charge is 0.340 e. The van der Waals surface area contributed by atoms with E-state index in [2.05, 4.69) is 9.71 Å². The van der Waals surface area contributed by atoms with Crippen molar-refractivity contribution in [1.29, 1.82) is 0 Å². The van der Waals surface area contributed by atoms with Crippen LogP contribution in [0.4, 0.5) is 11.4 Å². The first-order chi connectivity index (χ1) is 13.7. The van der Waals surface area contributed by atoms with Crippen molar-refractivity contribution in [2.75, 3.05) is 17.6 Å². The number of nitro groups is 1. The van der Waals surface area contributed by atoms with E-state index in [1.54, 1.807) is 0 Å². The van der Waals surface area contributed by atoms with Gasteiger partial charge in [-0.3, -0.25) is 14.9 Å². The molecule has 12 heteroatoms. The predicted octanol–water partition coefficient (Wildman–Crippen LogP) is 0.963. The number of rotatable bonds is 5. The van der Waals surface area contributed by atoms with E-state index in [4.69, 9.17) is 4.74 Å². The van der Waals surface area contributed by atoms with Crippen LogP contribution in [0.2, 0.25) is 0 Å². The zero-order valence-electron chi connectivity index (χ0n) is 15.1. The molecule has 1 unspecified atom stereocenters. The van der Waals surface area contributed by atoms with E-state index in [1.807, 2.05) is 0 Å². The molecule has 1 amide bonds. The second kappa shape index (κ2) is 7.83. The Labute approximate surface area is 165 Å². The van der Waals surface area contributed by atoms with Crippen LogP contribution in [0.5, 0.6) is 0 Å². The normalized spacial score (nSPS) is 18.0. The third-order valence-electron chi connectivity index (χ3n) is 4.07. The molecule has 1 aromatic rings. The number of para-hydroxylation sites is 2. The molecule has 0 saturated carbocycles. The van der Waals surface area contributed by atoms with Crippen molar-refractivity contribution in [3.63, 3.8) is 0 Å². The SMILES string of the molecule is CC(OC(=O)C1=CN2CCS(=O)(=O)N=C2C=C1)C(=O)Nc1ccccc1[N+](=O)[O-]. The second-order valence-corrected chi connectivity index (χ2v) is 7.91. The van der Waals surface area contributed by atoms with E-state index in [9.17, 15) is 28.1 Å². The van der Waals surface area contributed by atoms with Gasteiger partial charge in [0, 0.05) is 18.8 Å². The maximum absolute atomic E-state index is 12.3. The molecule has 2 heterocycles. The molecule has 11 nitrogen and oxygen atoms in total. The molecule has 1 atom stereocenters. The van der Waals surface area contributed by atoms with E-state index in [0.717, 1.165) is 0 Å². The number of carbonyl (C=O) groups excluding carboxylic acids is 2. The Bertz CT molecular complexity index is 1080. The molecule has 0 spiro atoms. The Kier molecular flexibility index (Phi) is 5.46. The Morgan fingerprint density at radius 3 is 2.76 bits per heavy atom. The van der Waals surface area contributed by atoms with Gasteiger partial charge >= 0.3 is 5.97 Å². The van der Waals surface area contributed by atoms with Crippen LogP contribution in [0.1, 0.15) is 6.92 Å². The summed E-state index contributed by atoms with van der Waals surface area (Å²) >= 11 is 0. The molecule has 29 heavy (non-hydrogen) atoms. The number of nitrogens with one attached hydrogen (secondary N) is 1. The molecule has 3 rings (SSSR count). The molecule has 152 valence electrons. The van der Waals surface area contributed by atoms with Crippen molar-refractivity contribution >= 4 is 39.1 Å². The van der Waals surface area contributed by atoms with Crippen molar-refractivity contribution in [1.82, 2.24) is 4.90 Å². The summed E-state index contributed by atoms with van der Waals surface area (Å²) in [7, 11) is -3.51. The Morgan fingerprint density at radius 1 is 1.31 bits per heavy atom. The van der Waals surface area contributed by atoms with Gasteiger partial charge in [-0.1, -0.05) is 12.1 Å². The average molecular weight is 420 g/mol. The molecule has 2 aliphatic heterocycles. The predicted molar refractivity (Wildman–Crippen MR) is 102 cm³/mol. The number of fused-ring (bicyclic) bond motifs is 1. The summed E-state index contributed by atoms with van der Waals surface area (Å²) in [5, 5.41) is 13.4. The van der Waals surface area contributed by atoms with Crippen LogP contribution >= 0.6 is 0 Å². The standard InChI is InChI=1S/C17H16N4O7S/c1-11(16(22)18-13-4-2-3-5-14(13)21(24)25)28-17(23)12-6-7-15-19-29(26,27)9-8-20(15)10-12/h2-7,10-11H,8-9H2,1H3,(H,18,22). The number of amidine groups is 1. The van der Waals surface area contributed by atoms with Gasteiger partial charge in [-0.25, -0.2) is 13.2 Å². The topological polar surface area (TPSA) is 148 Å². The molecule has 0 bridgehead atoms. The minimum Gasteiger partial charge on any atom is -0.449 e. The fourth-order valence-electron chi connectivity index (χ4n) is 2.58. The Hall–Kier alpha value is -3.54. The number of sulfonamides is 1. The number of esters is 1. The molecule has 1 N–H and O–H groups in total. The van der Waals surface area contributed by atoms with Crippen molar-refractivity contribution in [2.45, 2.75) is 13.0 Å². The molecular formula is C17H16N4O7S. The summed E-state index contributed by atoms with van der Waals surface area (Å²) in [6.45, 7) is 1.46. The molecule has 0 fully saturated rings. The Morgan fingerprint density at radius 2 is 2.03 bits per heavy atom.